The number of hydrogen-bond acceptors (Lipinski definition) is 3. The van der Waals surface area contributed by atoms with Gasteiger partial charge in [-0.15, -0.1) is 0 Å². The smallest absolute Gasteiger partial charge is 0.227 e. The zero-order valence-corrected chi connectivity index (χ0v) is 12.0. The molecule has 0 saturated heterocycles. The van der Waals surface area contributed by atoms with Crippen LogP contribution >= 0.6 is 12.2 Å². The molecule has 0 saturated carbocycles. The van der Waals surface area contributed by atoms with E-state index < -0.39 is 0 Å². The van der Waals surface area contributed by atoms with E-state index >= 15 is 0 Å². The first-order valence-electron chi connectivity index (χ1n) is 6.17. The second kappa shape index (κ2) is 6.29. The molecule has 0 bridgehead atoms. The van der Waals surface area contributed by atoms with Crippen LogP contribution in [0.15, 0.2) is 36.7 Å². The third kappa shape index (κ3) is 3.64. The summed E-state index contributed by atoms with van der Waals surface area (Å²) in [5.41, 5.74) is 7.27. The molecular formula is C14H16N4OS. The molecule has 0 atom stereocenters. The summed E-state index contributed by atoms with van der Waals surface area (Å²) in [5, 5.41) is 0. The van der Waals surface area contributed by atoms with E-state index in [9.17, 15) is 4.79 Å². The molecule has 2 aromatic rings. The maximum Gasteiger partial charge on any atom is 0.227 e. The second-order valence-corrected chi connectivity index (χ2v) is 4.96. The van der Waals surface area contributed by atoms with Gasteiger partial charge in [0, 0.05) is 25.0 Å². The van der Waals surface area contributed by atoms with E-state index in [0.29, 0.717) is 18.0 Å². The highest BCUT2D eigenvalue weighted by Gasteiger charge is 2.11. The molecule has 2 rings (SSSR count). The first kappa shape index (κ1) is 14.2. The van der Waals surface area contributed by atoms with Crippen LogP contribution in [0.5, 0.6) is 0 Å². The van der Waals surface area contributed by atoms with Crippen LogP contribution in [0.3, 0.4) is 0 Å². The quantitative estimate of drug-likeness (QED) is 0.812. The fraction of sp³-hybridized carbons (Fsp3) is 0.214. The number of amides is 1. The summed E-state index contributed by atoms with van der Waals surface area (Å²) in [4.78, 5) is 21.2. The van der Waals surface area contributed by atoms with Crippen molar-refractivity contribution in [1.29, 1.82) is 0 Å². The number of nitrogens with one attached hydrogen (secondary N) is 1. The van der Waals surface area contributed by atoms with E-state index in [-0.39, 0.29) is 5.91 Å². The minimum absolute atomic E-state index is 0.0319. The topological polar surface area (TPSA) is 75.0 Å². The molecule has 1 heterocycles. The number of nitrogens with zero attached hydrogens (tertiary/aromatic N) is 2. The Balaban J connectivity index is 1.95. The van der Waals surface area contributed by atoms with Gasteiger partial charge in [-0.1, -0.05) is 36.5 Å². The lowest BCUT2D eigenvalue weighted by molar-refractivity contribution is -0.129. The van der Waals surface area contributed by atoms with Crippen LogP contribution in [0.25, 0.3) is 0 Å². The van der Waals surface area contributed by atoms with Gasteiger partial charge in [0.05, 0.1) is 13.0 Å². The second-order valence-electron chi connectivity index (χ2n) is 4.52. The number of benzene rings is 1. The molecule has 104 valence electrons. The summed E-state index contributed by atoms with van der Waals surface area (Å²) in [7, 11) is 1.76. The van der Waals surface area contributed by atoms with Crippen LogP contribution in [-0.4, -0.2) is 32.8 Å². The highest BCUT2D eigenvalue weighted by atomic mass is 32.1. The minimum Gasteiger partial charge on any atom is -0.389 e. The monoisotopic (exact) mass is 288 g/mol. The lowest BCUT2D eigenvalue weighted by Gasteiger charge is -2.15. The maximum atomic E-state index is 12.1. The number of hydrogen-bond donors (Lipinski definition) is 2. The molecule has 5 nitrogen and oxygen atoms in total. The number of carbonyl (C=O) groups is 1. The Morgan fingerprint density at radius 1 is 1.40 bits per heavy atom. The van der Waals surface area contributed by atoms with Crippen molar-refractivity contribution >= 4 is 23.1 Å². The molecule has 0 aliphatic rings. The molecule has 0 spiro atoms. The number of nitrogens with two attached hydrogens (primary N) is 1. The number of rotatable bonds is 5. The Morgan fingerprint density at radius 2 is 2.10 bits per heavy atom. The molecule has 1 aromatic carbocycles. The van der Waals surface area contributed by atoms with Gasteiger partial charge in [0.2, 0.25) is 5.91 Å². The highest BCUT2D eigenvalue weighted by Crippen LogP contribution is 2.07. The van der Waals surface area contributed by atoms with Crippen LogP contribution in [0, 0.1) is 0 Å². The van der Waals surface area contributed by atoms with E-state index in [4.69, 9.17) is 18.0 Å². The van der Waals surface area contributed by atoms with Gasteiger partial charge in [0.15, 0.2) is 0 Å². The maximum absolute atomic E-state index is 12.1. The number of carbonyl (C=O) groups excluding carboxylic acids is 1. The number of aromatic nitrogens is 2. The van der Waals surface area contributed by atoms with Crippen molar-refractivity contribution in [3.8, 4) is 0 Å². The van der Waals surface area contributed by atoms with E-state index in [0.717, 1.165) is 17.0 Å². The number of H-pyrrole nitrogens is 1. The third-order valence-corrected chi connectivity index (χ3v) is 3.20. The van der Waals surface area contributed by atoms with Crippen molar-refractivity contribution in [3.63, 3.8) is 0 Å². The average Bonchev–Trinajstić information content (AvgIpc) is 2.92. The molecule has 0 fully saturated rings. The van der Waals surface area contributed by atoms with Gasteiger partial charge in [-0.3, -0.25) is 4.79 Å². The summed E-state index contributed by atoms with van der Waals surface area (Å²) in [6.45, 7) is 0.469. The molecule has 0 aliphatic heterocycles. The number of likely N-dealkylation sites (N-methyl/N-ethyl adjacent to an activating group) is 1. The summed E-state index contributed by atoms with van der Waals surface area (Å²) >= 11 is 4.89. The zero-order chi connectivity index (χ0) is 14.5. The van der Waals surface area contributed by atoms with Crippen LogP contribution in [-0.2, 0) is 17.8 Å². The summed E-state index contributed by atoms with van der Waals surface area (Å²) in [6, 6.07) is 7.40. The molecule has 0 aliphatic carbocycles. The molecule has 20 heavy (non-hydrogen) atoms. The van der Waals surface area contributed by atoms with E-state index in [1.807, 2.05) is 24.3 Å². The molecular weight excluding hydrogens is 272 g/mol. The van der Waals surface area contributed by atoms with Gasteiger partial charge >= 0.3 is 0 Å². The van der Waals surface area contributed by atoms with Crippen LogP contribution in [0.2, 0.25) is 0 Å². The predicted molar refractivity (Wildman–Crippen MR) is 81.1 cm³/mol. The van der Waals surface area contributed by atoms with Crippen molar-refractivity contribution in [2.45, 2.75) is 13.0 Å². The standard InChI is InChI=1S/C14H16N4OS/c1-18(9-12-16-6-7-17-12)13(19)8-10-2-4-11(5-3-10)14(15)20/h2-7H,8-9H2,1H3,(H2,15,20)(H,16,17). The van der Waals surface area contributed by atoms with Crippen molar-refractivity contribution in [3.05, 3.63) is 53.6 Å². The average molecular weight is 288 g/mol. The zero-order valence-electron chi connectivity index (χ0n) is 11.2. The summed E-state index contributed by atoms with van der Waals surface area (Å²) in [5.74, 6) is 0.800. The minimum atomic E-state index is 0.0319. The van der Waals surface area contributed by atoms with Gasteiger partial charge in [0.25, 0.3) is 0 Å². The molecule has 0 radical (unpaired) electrons. The van der Waals surface area contributed by atoms with E-state index in [1.165, 1.54) is 0 Å². The Bertz CT molecular complexity index is 592. The number of thiocarbonyl (C=S) groups is 1. The number of imidazole rings is 1. The Morgan fingerprint density at radius 3 is 2.65 bits per heavy atom. The molecule has 1 amide bonds. The van der Waals surface area contributed by atoms with Gasteiger partial charge in [-0.2, -0.15) is 0 Å². The first-order valence-corrected chi connectivity index (χ1v) is 6.58. The summed E-state index contributed by atoms with van der Waals surface area (Å²) < 4.78 is 0. The Labute approximate surface area is 122 Å². The fourth-order valence-corrected chi connectivity index (χ4v) is 1.93. The lowest BCUT2D eigenvalue weighted by atomic mass is 10.1. The molecule has 6 heteroatoms. The van der Waals surface area contributed by atoms with Gasteiger partial charge in [-0.25, -0.2) is 4.98 Å². The van der Waals surface area contributed by atoms with Crippen molar-refractivity contribution in [2.24, 2.45) is 5.73 Å². The SMILES string of the molecule is CN(Cc1ncc[nH]1)C(=O)Cc1ccc(C(N)=S)cc1. The third-order valence-electron chi connectivity index (χ3n) is 2.96. The van der Waals surface area contributed by atoms with Crippen LogP contribution in [0.1, 0.15) is 17.0 Å². The Kier molecular flexibility index (Phi) is 4.47. The first-order chi connectivity index (χ1) is 9.56. The fourth-order valence-electron chi connectivity index (χ4n) is 1.79. The number of aromatic amines is 1. The Hall–Kier alpha value is -2.21. The molecule has 3 N–H and O–H groups in total. The van der Waals surface area contributed by atoms with Gasteiger partial charge in [0.1, 0.15) is 10.8 Å². The van der Waals surface area contributed by atoms with Crippen molar-refractivity contribution in [2.75, 3.05) is 7.05 Å². The summed E-state index contributed by atoms with van der Waals surface area (Å²) in [6.07, 6.45) is 3.75. The van der Waals surface area contributed by atoms with Crippen LogP contribution in [0.4, 0.5) is 0 Å². The lowest BCUT2D eigenvalue weighted by Crippen LogP contribution is -2.28. The normalized spacial score (nSPS) is 10.2. The van der Waals surface area contributed by atoms with Crippen molar-refractivity contribution in [1.82, 2.24) is 14.9 Å². The van der Waals surface area contributed by atoms with E-state index in [2.05, 4.69) is 9.97 Å². The largest absolute Gasteiger partial charge is 0.389 e. The molecule has 0 unspecified atom stereocenters. The van der Waals surface area contributed by atoms with Crippen LogP contribution < -0.4 is 5.73 Å². The predicted octanol–water partition coefficient (Wildman–Crippen LogP) is 1.24. The van der Waals surface area contributed by atoms with Crippen molar-refractivity contribution < 1.29 is 4.79 Å². The molecule has 1 aromatic heterocycles. The van der Waals surface area contributed by atoms with E-state index in [1.54, 1.807) is 24.3 Å². The van der Waals surface area contributed by atoms with Gasteiger partial charge < -0.3 is 15.6 Å². The highest BCUT2D eigenvalue weighted by molar-refractivity contribution is 7.80. The van der Waals surface area contributed by atoms with Gasteiger partial charge in [-0.05, 0) is 5.56 Å².